The highest BCUT2D eigenvalue weighted by atomic mass is 32.1. The van der Waals surface area contributed by atoms with Gasteiger partial charge in [0.2, 0.25) is 0 Å². The van der Waals surface area contributed by atoms with Gasteiger partial charge in [0.25, 0.3) is 0 Å². The third-order valence-corrected chi connectivity index (χ3v) is 4.29. The molecular weight excluding hydrogens is 228 g/mol. The SMILES string of the molecule is Cc1cccc(-c2nc(C3CC(N)C3)cs2)c1. The van der Waals surface area contributed by atoms with E-state index in [1.54, 1.807) is 11.3 Å². The van der Waals surface area contributed by atoms with E-state index in [2.05, 4.69) is 36.6 Å². The molecule has 0 atom stereocenters. The predicted octanol–water partition coefficient (Wildman–Crippen LogP) is 3.32. The lowest BCUT2D eigenvalue weighted by Gasteiger charge is -2.30. The predicted molar refractivity (Wildman–Crippen MR) is 72.2 cm³/mol. The molecule has 3 rings (SSSR count). The van der Waals surface area contributed by atoms with E-state index >= 15 is 0 Å². The van der Waals surface area contributed by atoms with Gasteiger partial charge < -0.3 is 5.73 Å². The van der Waals surface area contributed by atoms with Crippen molar-refractivity contribution < 1.29 is 0 Å². The zero-order valence-corrected chi connectivity index (χ0v) is 10.7. The van der Waals surface area contributed by atoms with Crippen molar-refractivity contribution in [1.29, 1.82) is 0 Å². The molecule has 2 aromatic rings. The Balaban J connectivity index is 1.85. The summed E-state index contributed by atoms with van der Waals surface area (Å²) in [5, 5.41) is 3.32. The molecule has 1 aliphatic rings. The lowest BCUT2D eigenvalue weighted by molar-refractivity contribution is 0.346. The summed E-state index contributed by atoms with van der Waals surface area (Å²) in [5.74, 6) is 0.597. The van der Waals surface area contributed by atoms with Crippen LogP contribution in [-0.4, -0.2) is 11.0 Å². The third-order valence-electron chi connectivity index (χ3n) is 3.38. The van der Waals surface area contributed by atoms with Crippen molar-refractivity contribution in [3.8, 4) is 10.6 Å². The molecule has 17 heavy (non-hydrogen) atoms. The number of rotatable bonds is 2. The van der Waals surface area contributed by atoms with Crippen LogP contribution in [-0.2, 0) is 0 Å². The van der Waals surface area contributed by atoms with Gasteiger partial charge in [0, 0.05) is 22.9 Å². The molecule has 1 heterocycles. The van der Waals surface area contributed by atoms with Crippen LogP contribution in [0.25, 0.3) is 10.6 Å². The Kier molecular flexibility index (Phi) is 2.73. The monoisotopic (exact) mass is 244 g/mol. The van der Waals surface area contributed by atoms with E-state index in [4.69, 9.17) is 10.7 Å². The first-order valence-corrected chi connectivity index (χ1v) is 6.88. The lowest BCUT2D eigenvalue weighted by Crippen LogP contribution is -2.34. The fourth-order valence-electron chi connectivity index (χ4n) is 2.29. The van der Waals surface area contributed by atoms with E-state index in [0.717, 1.165) is 17.8 Å². The van der Waals surface area contributed by atoms with E-state index in [-0.39, 0.29) is 0 Å². The van der Waals surface area contributed by atoms with E-state index in [1.165, 1.54) is 16.8 Å². The van der Waals surface area contributed by atoms with Gasteiger partial charge >= 0.3 is 0 Å². The Morgan fingerprint density at radius 2 is 2.18 bits per heavy atom. The average Bonchev–Trinajstić information content (AvgIpc) is 2.74. The van der Waals surface area contributed by atoms with Gasteiger partial charge in [0.1, 0.15) is 5.01 Å². The molecule has 0 bridgehead atoms. The number of hydrogen-bond acceptors (Lipinski definition) is 3. The van der Waals surface area contributed by atoms with Crippen molar-refractivity contribution in [3.63, 3.8) is 0 Å². The van der Waals surface area contributed by atoms with E-state index < -0.39 is 0 Å². The molecule has 88 valence electrons. The first-order chi connectivity index (χ1) is 8.22. The summed E-state index contributed by atoms with van der Waals surface area (Å²) in [4.78, 5) is 4.74. The second kappa shape index (κ2) is 4.24. The summed E-state index contributed by atoms with van der Waals surface area (Å²) in [6, 6.07) is 8.91. The number of nitrogens with two attached hydrogens (primary N) is 1. The normalized spacial score (nSPS) is 23.4. The quantitative estimate of drug-likeness (QED) is 0.880. The molecule has 0 saturated heterocycles. The summed E-state index contributed by atoms with van der Waals surface area (Å²) in [5.41, 5.74) is 9.56. The van der Waals surface area contributed by atoms with Gasteiger partial charge in [-0.05, 0) is 25.8 Å². The fourth-order valence-corrected chi connectivity index (χ4v) is 3.19. The molecule has 0 aliphatic heterocycles. The molecule has 0 radical (unpaired) electrons. The van der Waals surface area contributed by atoms with Crippen LogP contribution < -0.4 is 5.73 Å². The van der Waals surface area contributed by atoms with Gasteiger partial charge in [-0.2, -0.15) is 0 Å². The Morgan fingerprint density at radius 1 is 1.35 bits per heavy atom. The Bertz CT molecular complexity index is 527. The second-order valence-corrected chi connectivity index (χ2v) is 5.73. The molecule has 1 fully saturated rings. The first kappa shape index (κ1) is 10.9. The van der Waals surface area contributed by atoms with E-state index in [0.29, 0.717) is 12.0 Å². The van der Waals surface area contributed by atoms with Crippen molar-refractivity contribution >= 4 is 11.3 Å². The second-order valence-electron chi connectivity index (χ2n) is 4.88. The molecular formula is C14H16N2S. The first-order valence-electron chi connectivity index (χ1n) is 6.00. The Morgan fingerprint density at radius 3 is 2.88 bits per heavy atom. The Hall–Kier alpha value is -1.19. The van der Waals surface area contributed by atoms with Crippen molar-refractivity contribution in [1.82, 2.24) is 4.98 Å². The largest absolute Gasteiger partial charge is 0.328 e. The van der Waals surface area contributed by atoms with Gasteiger partial charge in [0.05, 0.1) is 5.69 Å². The maximum absolute atomic E-state index is 5.82. The smallest absolute Gasteiger partial charge is 0.123 e. The number of benzene rings is 1. The van der Waals surface area contributed by atoms with Crippen LogP contribution in [0, 0.1) is 6.92 Å². The molecule has 2 nitrogen and oxygen atoms in total. The number of aryl methyl sites for hydroxylation is 1. The van der Waals surface area contributed by atoms with Crippen LogP contribution in [0.15, 0.2) is 29.6 Å². The minimum atomic E-state index is 0.393. The molecule has 1 saturated carbocycles. The highest BCUT2D eigenvalue weighted by Gasteiger charge is 2.29. The number of thiazole rings is 1. The summed E-state index contributed by atoms with van der Waals surface area (Å²) in [6.45, 7) is 2.11. The molecule has 2 N–H and O–H groups in total. The summed E-state index contributed by atoms with van der Waals surface area (Å²) < 4.78 is 0. The minimum absolute atomic E-state index is 0.393. The van der Waals surface area contributed by atoms with Gasteiger partial charge in [0.15, 0.2) is 0 Å². The van der Waals surface area contributed by atoms with Crippen LogP contribution in [0.2, 0.25) is 0 Å². The average molecular weight is 244 g/mol. The number of hydrogen-bond donors (Lipinski definition) is 1. The maximum atomic E-state index is 5.82. The topological polar surface area (TPSA) is 38.9 Å². The van der Waals surface area contributed by atoms with Crippen LogP contribution >= 0.6 is 11.3 Å². The maximum Gasteiger partial charge on any atom is 0.123 e. The summed E-state index contributed by atoms with van der Waals surface area (Å²) in [6.07, 6.45) is 2.19. The highest BCUT2D eigenvalue weighted by Crippen LogP contribution is 2.37. The zero-order chi connectivity index (χ0) is 11.8. The minimum Gasteiger partial charge on any atom is -0.328 e. The molecule has 0 spiro atoms. The highest BCUT2D eigenvalue weighted by molar-refractivity contribution is 7.13. The van der Waals surface area contributed by atoms with Gasteiger partial charge in [-0.25, -0.2) is 4.98 Å². The van der Waals surface area contributed by atoms with Crippen LogP contribution in [0.4, 0.5) is 0 Å². The third kappa shape index (κ3) is 2.13. The molecule has 0 amide bonds. The van der Waals surface area contributed by atoms with Crippen molar-refractivity contribution in [2.45, 2.75) is 31.7 Å². The zero-order valence-electron chi connectivity index (χ0n) is 9.89. The van der Waals surface area contributed by atoms with Crippen molar-refractivity contribution in [3.05, 3.63) is 40.9 Å². The summed E-state index contributed by atoms with van der Waals surface area (Å²) in [7, 11) is 0. The van der Waals surface area contributed by atoms with Gasteiger partial charge in [-0.1, -0.05) is 23.8 Å². The molecule has 3 heteroatoms. The molecule has 0 unspecified atom stereocenters. The van der Waals surface area contributed by atoms with Crippen LogP contribution in [0.5, 0.6) is 0 Å². The van der Waals surface area contributed by atoms with Crippen molar-refractivity contribution in [2.75, 3.05) is 0 Å². The summed E-state index contributed by atoms with van der Waals surface area (Å²) >= 11 is 1.74. The van der Waals surface area contributed by atoms with Crippen molar-refractivity contribution in [2.24, 2.45) is 5.73 Å². The lowest BCUT2D eigenvalue weighted by atomic mass is 9.79. The van der Waals surface area contributed by atoms with E-state index in [1.807, 2.05) is 0 Å². The standard InChI is InChI=1S/C14H16N2S/c1-9-3-2-4-10(5-9)14-16-13(8-17-14)11-6-12(15)7-11/h2-5,8,11-12H,6-7,15H2,1H3. The fraction of sp³-hybridized carbons (Fsp3) is 0.357. The molecule has 1 aliphatic carbocycles. The van der Waals surface area contributed by atoms with Crippen LogP contribution in [0.3, 0.4) is 0 Å². The van der Waals surface area contributed by atoms with E-state index in [9.17, 15) is 0 Å². The van der Waals surface area contributed by atoms with Gasteiger partial charge in [-0.15, -0.1) is 11.3 Å². The number of nitrogens with zero attached hydrogens (tertiary/aromatic N) is 1. The Labute approximate surface area is 106 Å². The molecule has 1 aromatic carbocycles. The van der Waals surface area contributed by atoms with Gasteiger partial charge in [-0.3, -0.25) is 0 Å². The van der Waals surface area contributed by atoms with Crippen LogP contribution in [0.1, 0.15) is 30.0 Å². The molecule has 1 aromatic heterocycles. The number of aromatic nitrogens is 1.